The molecule has 7 heteroatoms. The maximum absolute atomic E-state index is 12.9. The second-order valence-electron chi connectivity index (χ2n) is 7.75. The molecule has 154 valence electrons. The van der Waals surface area contributed by atoms with Crippen molar-refractivity contribution in [2.24, 2.45) is 17.8 Å². The van der Waals surface area contributed by atoms with Gasteiger partial charge in [0.15, 0.2) is 0 Å². The lowest BCUT2D eigenvalue weighted by Crippen LogP contribution is -2.43. The van der Waals surface area contributed by atoms with Gasteiger partial charge in [-0.1, -0.05) is 24.3 Å². The van der Waals surface area contributed by atoms with Gasteiger partial charge in [0.05, 0.1) is 12.0 Å². The molecule has 2 aliphatic carbocycles. The van der Waals surface area contributed by atoms with E-state index in [1.54, 1.807) is 18.2 Å². The normalized spacial score (nSPS) is 26.8. The fourth-order valence-electron chi connectivity index (χ4n) is 4.68. The minimum Gasteiger partial charge on any atom is -0.469 e. The molecule has 0 unspecified atom stereocenters. The summed E-state index contributed by atoms with van der Waals surface area (Å²) in [6, 6.07) is 6.94. The van der Waals surface area contributed by atoms with E-state index >= 15 is 0 Å². The molecular formula is C21H28BrNO4S. The van der Waals surface area contributed by atoms with Crippen LogP contribution in [0.3, 0.4) is 0 Å². The molecule has 1 aromatic carbocycles. The van der Waals surface area contributed by atoms with Crippen LogP contribution >= 0.6 is 15.9 Å². The number of hydrogen-bond acceptors (Lipinski definition) is 4. The Morgan fingerprint density at radius 3 is 2.75 bits per heavy atom. The van der Waals surface area contributed by atoms with Crippen molar-refractivity contribution in [2.75, 3.05) is 7.11 Å². The number of halogens is 1. The smallest absolute Gasteiger partial charge is 0.305 e. The summed E-state index contributed by atoms with van der Waals surface area (Å²) in [4.78, 5) is 11.4. The Hall–Kier alpha value is -1.18. The summed E-state index contributed by atoms with van der Waals surface area (Å²) in [6.07, 6.45) is 10.6. The van der Waals surface area contributed by atoms with Crippen LogP contribution in [0.2, 0.25) is 0 Å². The number of methoxy groups -OCH3 is 1. The van der Waals surface area contributed by atoms with E-state index in [0.717, 1.165) is 32.1 Å². The topological polar surface area (TPSA) is 72.5 Å². The third-order valence-corrected chi connectivity index (χ3v) is 8.53. The Labute approximate surface area is 176 Å². The number of allylic oxidation sites excluding steroid dienone is 2. The fourth-order valence-corrected chi connectivity index (χ4v) is 7.04. The van der Waals surface area contributed by atoms with E-state index in [0.29, 0.717) is 33.5 Å². The summed E-state index contributed by atoms with van der Waals surface area (Å²) < 4.78 is 34.1. The van der Waals surface area contributed by atoms with Gasteiger partial charge in [-0.2, -0.15) is 0 Å². The molecule has 3 rings (SSSR count). The highest BCUT2D eigenvalue weighted by atomic mass is 79.9. The Balaban J connectivity index is 1.60. The van der Waals surface area contributed by atoms with E-state index in [1.165, 1.54) is 13.5 Å². The van der Waals surface area contributed by atoms with E-state index in [2.05, 4.69) is 37.5 Å². The van der Waals surface area contributed by atoms with Gasteiger partial charge < -0.3 is 4.74 Å². The molecule has 2 aliphatic rings. The van der Waals surface area contributed by atoms with E-state index < -0.39 is 10.0 Å². The zero-order valence-corrected chi connectivity index (χ0v) is 18.5. The van der Waals surface area contributed by atoms with E-state index in [4.69, 9.17) is 0 Å². The van der Waals surface area contributed by atoms with Crippen molar-refractivity contribution < 1.29 is 17.9 Å². The predicted octanol–water partition coefficient (Wildman–Crippen LogP) is 4.43. The number of carbonyl (C=O) groups excluding carboxylic acids is 1. The van der Waals surface area contributed by atoms with Crippen LogP contribution in [0.25, 0.3) is 0 Å². The van der Waals surface area contributed by atoms with Crippen LogP contribution < -0.4 is 4.72 Å². The highest BCUT2D eigenvalue weighted by Gasteiger charge is 2.48. The van der Waals surface area contributed by atoms with Crippen LogP contribution in [0, 0.1) is 17.8 Å². The molecule has 1 aromatic rings. The second-order valence-corrected chi connectivity index (χ2v) is 10.3. The van der Waals surface area contributed by atoms with Gasteiger partial charge in [-0.05, 0) is 84.3 Å². The minimum atomic E-state index is -3.55. The number of carbonyl (C=O) groups is 1. The lowest BCUT2D eigenvalue weighted by molar-refractivity contribution is -0.140. The van der Waals surface area contributed by atoms with Crippen molar-refractivity contribution in [1.29, 1.82) is 0 Å². The predicted molar refractivity (Wildman–Crippen MR) is 112 cm³/mol. The first-order chi connectivity index (χ1) is 13.4. The van der Waals surface area contributed by atoms with Crippen LogP contribution in [-0.4, -0.2) is 27.5 Å². The van der Waals surface area contributed by atoms with Crippen LogP contribution in [0.5, 0.6) is 0 Å². The molecule has 0 radical (unpaired) electrons. The maximum atomic E-state index is 12.9. The van der Waals surface area contributed by atoms with Gasteiger partial charge >= 0.3 is 5.97 Å². The maximum Gasteiger partial charge on any atom is 0.305 e. The number of rotatable bonds is 9. The van der Waals surface area contributed by atoms with Crippen LogP contribution in [0.1, 0.15) is 44.9 Å². The zero-order valence-electron chi connectivity index (χ0n) is 16.1. The Bertz CT molecular complexity index is 823. The van der Waals surface area contributed by atoms with Gasteiger partial charge in [0.2, 0.25) is 10.0 Å². The zero-order chi connectivity index (χ0) is 20.1. The largest absolute Gasteiger partial charge is 0.469 e. The molecule has 2 fully saturated rings. The third kappa shape index (κ3) is 5.05. The summed E-state index contributed by atoms with van der Waals surface area (Å²) >= 11 is 3.36. The van der Waals surface area contributed by atoms with Crippen molar-refractivity contribution in [1.82, 2.24) is 4.72 Å². The molecule has 5 nitrogen and oxygen atoms in total. The lowest BCUT2D eigenvalue weighted by atomic mass is 9.83. The van der Waals surface area contributed by atoms with Gasteiger partial charge in [-0.15, -0.1) is 0 Å². The number of hydrogen-bond donors (Lipinski definition) is 1. The van der Waals surface area contributed by atoms with E-state index in [9.17, 15) is 13.2 Å². The third-order valence-electron chi connectivity index (χ3n) is 6.06. The van der Waals surface area contributed by atoms with Crippen LogP contribution in [0.15, 0.2) is 45.8 Å². The van der Waals surface area contributed by atoms with Gasteiger partial charge in [0.1, 0.15) is 0 Å². The van der Waals surface area contributed by atoms with Gasteiger partial charge in [0.25, 0.3) is 0 Å². The Morgan fingerprint density at radius 1 is 1.25 bits per heavy atom. The van der Waals surface area contributed by atoms with Crippen molar-refractivity contribution in [3.8, 4) is 0 Å². The summed E-state index contributed by atoms with van der Waals surface area (Å²) in [7, 11) is -2.15. The average Bonchev–Trinajstić information content (AvgIpc) is 3.26. The van der Waals surface area contributed by atoms with Crippen molar-refractivity contribution in [3.63, 3.8) is 0 Å². The molecule has 0 aromatic heterocycles. The number of benzene rings is 1. The molecule has 4 atom stereocenters. The quantitative estimate of drug-likeness (QED) is 0.329. The lowest BCUT2D eigenvalue weighted by Gasteiger charge is -2.31. The van der Waals surface area contributed by atoms with E-state index in [-0.39, 0.29) is 12.0 Å². The monoisotopic (exact) mass is 469 g/mol. The highest BCUT2D eigenvalue weighted by Crippen LogP contribution is 2.50. The molecule has 2 saturated carbocycles. The highest BCUT2D eigenvalue weighted by molar-refractivity contribution is 9.10. The molecule has 0 aliphatic heterocycles. The number of esters is 1. The van der Waals surface area contributed by atoms with Crippen LogP contribution in [0.4, 0.5) is 0 Å². The second kappa shape index (κ2) is 9.55. The minimum absolute atomic E-state index is 0.00410. The average molecular weight is 470 g/mol. The molecule has 2 bridgehead atoms. The summed E-state index contributed by atoms with van der Waals surface area (Å²) in [5.41, 5.74) is 0. The van der Waals surface area contributed by atoms with Gasteiger partial charge in [-0.3, -0.25) is 4.79 Å². The summed E-state index contributed by atoms with van der Waals surface area (Å²) in [5, 5.41) is 0. The van der Waals surface area contributed by atoms with Gasteiger partial charge in [0, 0.05) is 16.9 Å². The first-order valence-corrected chi connectivity index (χ1v) is 12.2. The van der Waals surface area contributed by atoms with Crippen LogP contribution in [-0.2, 0) is 19.6 Å². The Morgan fingerprint density at radius 2 is 2.00 bits per heavy atom. The standard InChI is InChI=1S/C21H28BrNO4S/c1-27-20(24)11-5-3-2-4-8-17-15-12-13-16(14-15)21(17)23-28(25,26)19-10-7-6-9-18(19)22/h2,4,6-7,9-10,15-17,21,23H,3,5,8,11-14H2,1H3/b4-2-/t15-,16+,17+,21+/m0/s1. The molecule has 0 spiro atoms. The van der Waals surface area contributed by atoms with E-state index in [1.807, 2.05) is 6.07 Å². The van der Waals surface area contributed by atoms with Crippen molar-refractivity contribution in [3.05, 3.63) is 40.9 Å². The molecule has 0 amide bonds. The first-order valence-electron chi connectivity index (χ1n) is 9.91. The Kier molecular flexibility index (Phi) is 7.34. The van der Waals surface area contributed by atoms with Gasteiger partial charge in [-0.25, -0.2) is 13.1 Å². The molecule has 1 N–H and O–H groups in total. The first kappa shape index (κ1) is 21.5. The van der Waals surface area contributed by atoms with Crippen molar-refractivity contribution >= 4 is 31.9 Å². The summed E-state index contributed by atoms with van der Waals surface area (Å²) in [6.45, 7) is 0. The number of fused-ring (bicyclic) bond motifs is 2. The molecule has 0 heterocycles. The number of ether oxygens (including phenoxy) is 1. The molecular weight excluding hydrogens is 442 g/mol. The fraction of sp³-hybridized carbons (Fsp3) is 0.571. The molecule has 28 heavy (non-hydrogen) atoms. The number of sulfonamides is 1. The van der Waals surface area contributed by atoms with Crippen molar-refractivity contribution in [2.45, 2.75) is 55.9 Å². The number of nitrogens with one attached hydrogen (secondary N) is 1. The summed E-state index contributed by atoms with van der Waals surface area (Å²) in [5.74, 6) is 1.19. The SMILES string of the molecule is COC(=O)CCC/C=C\C[C@@H]1[C@H]2CC[C@H](C2)[C@H]1NS(=O)(=O)c1ccccc1Br. The number of unbranched alkanes of at least 4 members (excludes halogenated alkanes) is 1. The molecule has 0 saturated heterocycles.